The van der Waals surface area contributed by atoms with Crippen molar-refractivity contribution in [3.05, 3.63) is 32.8 Å². The Morgan fingerprint density at radius 1 is 1.42 bits per heavy atom. The average Bonchev–Trinajstić information content (AvgIpc) is 2.60. The zero-order chi connectivity index (χ0) is 17.3. The van der Waals surface area contributed by atoms with E-state index in [0.717, 1.165) is 38.8 Å². The standard InChI is InChI=1S/C15H19ClN4O4/c1-24-15(21)11-6-14(20(22)23)13(7-12(11)16)17-8-10-9-18-2-4-19(10)5-3-18/h6-7,10,17H,2-5,8-9H2,1H3. The highest BCUT2D eigenvalue weighted by atomic mass is 35.5. The molecule has 1 unspecified atom stereocenters. The van der Waals surface area contributed by atoms with E-state index in [4.69, 9.17) is 11.6 Å². The van der Waals surface area contributed by atoms with Gasteiger partial charge in [0.05, 0.1) is 22.6 Å². The summed E-state index contributed by atoms with van der Waals surface area (Å²) in [6.07, 6.45) is 0. The highest BCUT2D eigenvalue weighted by Gasteiger charge is 2.32. The van der Waals surface area contributed by atoms with Crippen LogP contribution in [0.25, 0.3) is 0 Å². The van der Waals surface area contributed by atoms with Crippen molar-refractivity contribution in [1.29, 1.82) is 0 Å². The molecule has 24 heavy (non-hydrogen) atoms. The predicted octanol–water partition coefficient (Wildman–Crippen LogP) is 1.45. The average molecular weight is 355 g/mol. The Labute approximate surface area is 144 Å². The molecule has 3 saturated heterocycles. The van der Waals surface area contributed by atoms with Gasteiger partial charge in [-0.1, -0.05) is 11.6 Å². The number of hydrogen-bond acceptors (Lipinski definition) is 7. The molecule has 3 aliphatic heterocycles. The van der Waals surface area contributed by atoms with Crippen molar-refractivity contribution in [2.75, 3.05) is 51.7 Å². The van der Waals surface area contributed by atoms with Crippen LogP contribution in [0.1, 0.15) is 10.4 Å². The lowest BCUT2D eigenvalue weighted by Gasteiger charge is -2.47. The molecule has 0 spiro atoms. The van der Waals surface area contributed by atoms with Crippen LogP contribution in [0.15, 0.2) is 12.1 Å². The van der Waals surface area contributed by atoms with Gasteiger partial charge in [0, 0.05) is 51.4 Å². The number of hydrogen-bond donors (Lipinski definition) is 1. The number of halogens is 1. The fourth-order valence-electron chi connectivity index (χ4n) is 3.27. The van der Waals surface area contributed by atoms with Gasteiger partial charge in [-0.2, -0.15) is 0 Å². The van der Waals surface area contributed by atoms with E-state index in [-0.39, 0.29) is 16.3 Å². The van der Waals surface area contributed by atoms with Crippen LogP contribution >= 0.6 is 11.6 Å². The van der Waals surface area contributed by atoms with E-state index in [0.29, 0.717) is 18.3 Å². The summed E-state index contributed by atoms with van der Waals surface area (Å²) in [5, 5.41) is 14.6. The lowest BCUT2D eigenvalue weighted by atomic mass is 10.1. The topological polar surface area (TPSA) is 87.9 Å². The fraction of sp³-hybridized carbons (Fsp3) is 0.533. The number of methoxy groups -OCH3 is 1. The fourth-order valence-corrected chi connectivity index (χ4v) is 3.51. The van der Waals surface area contributed by atoms with Crippen molar-refractivity contribution in [2.24, 2.45) is 0 Å². The van der Waals surface area contributed by atoms with Crippen LogP contribution in [0.4, 0.5) is 11.4 Å². The maximum atomic E-state index is 11.7. The van der Waals surface area contributed by atoms with Crippen LogP contribution in [-0.2, 0) is 4.74 Å². The van der Waals surface area contributed by atoms with E-state index in [1.54, 1.807) is 0 Å². The van der Waals surface area contributed by atoms with Gasteiger partial charge in [-0.15, -0.1) is 0 Å². The molecular formula is C15H19ClN4O4. The van der Waals surface area contributed by atoms with Crippen molar-refractivity contribution >= 4 is 28.9 Å². The quantitative estimate of drug-likeness (QED) is 0.486. The molecule has 1 atom stereocenters. The number of anilines is 1. The number of nitro benzene ring substituents is 1. The molecule has 0 saturated carbocycles. The monoisotopic (exact) mass is 354 g/mol. The molecule has 130 valence electrons. The molecule has 3 aliphatic rings. The van der Waals surface area contributed by atoms with Crippen LogP contribution in [0.5, 0.6) is 0 Å². The summed E-state index contributed by atoms with van der Waals surface area (Å²) in [7, 11) is 1.21. The maximum absolute atomic E-state index is 11.7. The largest absolute Gasteiger partial charge is 0.465 e. The van der Waals surface area contributed by atoms with Crippen molar-refractivity contribution in [2.45, 2.75) is 6.04 Å². The molecule has 1 aromatic rings. The number of piperazine rings is 3. The molecule has 3 fully saturated rings. The Morgan fingerprint density at radius 3 is 2.67 bits per heavy atom. The van der Waals surface area contributed by atoms with Gasteiger partial charge >= 0.3 is 5.97 Å². The molecule has 0 aliphatic carbocycles. The van der Waals surface area contributed by atoms with Crippen molar-refractivity contribution in [1.82, 2.24) is 9.80 Å². The minimum absolute atomic E-state index is 0.0111. The number of nitrogens with one attached hydrogen (secondary N) is 1. The molecule has 0 radical (unpaired) electrons. The van der Waals surface area contributed by atoms with Crippen molar-refractivity contribution < 1.29 is 14.5 Å². The number of fused-ring (bicyclic) bond motifs is 3. The number of esters is 1. The number of carbonyl (C=O) groups is 1. The number of nitro groups is 1. The normalized spacial score (nSPS) is 25.3. The first-order valence-corrected chi connectivity index (χ1v) is 8.14. The van der Waals surface area contributed by atoms with Crippen LogP contribution in [-0.4, -0.2) is 73.1 Å². The molecule has 0 aromatic heterocycles. The Hall–Kier alpha value is -1.90. The van der Waals surface area contributed by atoms with Crippen molar-refractivity contribution in [3.8, 4) is 0 Å². The highest BCUT2D eigenvalue weighted by Crippen LogP contribution is 2.32. The number of benzene rings is 1. The summed E-state index contributed by atoms with van der Waals surface area (Å²) in [5.74, 6) is -0.696. The van der Waals surface area contributed by atoms with E-state index < -0.39 is 10.9 Å². The third kappa shape index (κ3) is 3.31. The molecule has 9 heteroatoms. The molecule has 1 aromatic carbocycles. The second-order valence-electron chi connectivity index (χ2n) is 5.97. The summed E-state index contributed by atoms with van der Waals surface area (Å²) in [4.78, 5) is 27.2. The summed E-state index contributed by atoms with van der Waals surface area (Å²) >= 11 is 6.08. The van der Waals surface area contributed by atoms with Gasteiger partial charge in [0.1, 0.15) is 5.69 Å². The lowest BCUT2D eigenvalue weighted by Crippen LogP contribution is -2.62. The second kappa shape index (κ2) is 6.92. The van der Waals surface area contributed by atoms with Crippen LogP contribution in [0, 0.1) is 10.1 Å². The van der Waals surface area contributed by atoms with E-state index in [9.17, 15) is 14.9 Å². The van der Waals surface area contributed by atoms with Gasteiger partial charge in [0.2, 0.25) is 0 Å². The first kappa shape index (κ1) is 16.9. The zero-order valence-electron chi connectivity index (χ0n) is 13.3. The Kier molecular flexibility index (Phi) is 4.88. The molecule has 4 rings (SSSR count). The van der Waals surface area contributed by atoms with Gasteiger partial charge in [-0.25, -0.2) is 4.79 Å². The Morgan fingerprint density at radius 2 is 2.12 bits per heavy atom. The molecule has 3 heterocycles. The summed E-state index contributed by atoms with van der Waals surface area (Å²) in [6, 6.07) is 2.89. The predicted molar refractivity (Wildman–Crippen MR) is 89.7 cm³/mol. The summed E-state index contributed by atoms with van der Waals surface area (Å²) < 4.78 is 4.60. The number of ether oxygens (including phenoxy) is 1. The first-order valence-electron chi connectivity index (χ1n) is 7.76. The second-order valence-corrected chi connectivity index (χ2v) is 6.38. The minimum atomic E-state index is -0.696. The smallest absolute Gasteiger partial charge is 0.339 e. The van der Waals surface area contributed by atoms with Gasteiger partial charge in [-0.05, 0) is 6.07 Å². The Balaban J connectivity index is 1.78. The van der Waals surface area contributed by atoms with Gasteiger partial charge < -0.3 is 10.1 Å². The van der Waals surface area contributed by atoms with Crippen LogP contribution in [0.2, 0.25) is 5.02 Å². The molecule has 0 amide bonds. The summed E-state index contributed by atoms with van der Waals surface area (Å²) in [6.45, 7) is 5.75. The van der Waals surface area contributed by atoms with Crippen LogP contribution < -0.4 is 5.32 Å². The van der Waals surface area contributed by atoms with E-state index in [1.165, 1.54) is 13.2 Å². The number of nitrogens with zero attached hydrogens (tertiary/aromatic N) is 3. The molecule has 8 nitrogen and oxygen atoms in total. The van der Waals surface area contributed by atoms with E-state index in [2.05, 4.69) is 19.9 Å². The van der Waals surface area contributed by atoms with Gasteiger partial charge in [0.15, 0.2) is 0 Å². The van der Waals surface area contributed by atoms with E-state index >= 15 is 0 Å². The van der Waals surface area contributed by atoms with Crippen molar-refractivity contribution in [3.63, 3.8) is 0 Å². The minimum Gasteiger partial charge on any atom is -0.465 e. The van der Waals surface area contributed by atoms with Crippen LogP contribution in [0.3, 0.4) is 0 Å². The number of carbonyl (C=O) groups excluding carboxylic acids is 1. The van der Waals surface area contributed by atoms with E-state index in [1.807, 2.05) is 0 Å². The van der Waals surface area contributed by atoms with Gasteiger partial charge in [0.25, 0.3) is 5.69 Å². The zero-order valence-corrected chi connectivity index (χ0v) is 14.1. The molecular weight excluding hydrogens is 336 g/mol. The highest BCUT2D eigenvalue weighted by molar-refractivity contribution is 6.34. The Bertz CT molecular complexity index is 661. The number of rotatable bonds is 5. The van der Waals surface area contributed by atoms with Gasteiger partial charge in [-0.3, -0.25) is 19.9 Å². The molecule has 1 N–H and O–H groups in total. The maximum Gasteiger partial charge on any atom is 0.339 e. The lowest BCUT2D eigenvalue weighted by molar-refractivity contribution is -0.384. The first-order chi connectivity index (χ1) is 11.5. The third-order valence-electron chi connectivity index (χ3n) is 4.61. The summed E-state index contributed by atoms with van der Waals surface area (Å²) in [5.41, 5.74) is 0.120. The molecule has 2 bridgehead atoms. The SMILES string of the molecule is COC(=O)c1cc([N+](=O)[O-])c(NCC2CN3CCN2CC3)cc1Cl. The third-order valence-corrected chi connectivity index (χ3v) is 4.92.